The molecule has 0 bridgehead atoms. The summed E-state index contributed by atoms with van der Waals surface area (Å²) >= 11 is 0. The Morgan fingerprint density at radius 2 is 2.15 bits per heavy atom. The standard InChI is InChI=1S/C20H17FN2O4/c1-26-17-10-11-22-15(17)12-14-19-13(6-3-4-9-18(24)27-2)7-5-8-16(19)23(21)20(14)25/h5,7-8,10-12,22H,4,9H2,1-2H3. The van der Waals surface area contributed by atoms with Crippen molar-refractivity contribution < 1.29 is 23.5 Å². The van der Waals surface area contributed by atoms with E-state index >= 15 is 0 Å². The fraction of sp³-hybridized carbons (Fsp3) is 0.200. The summed E-state index contributed by atoms with van der Waals surface area (Å²) < 4.78 is 24.2. The second kappa shape index (κ2) is 7.79. The van der Waals surface area contributed by atoms with E-state index in [0.29, 0.717) is 29.0 Å². The van der Waals surface area contributed by atoms with Gasteiger partial charge in [-0.2, -0.15) is 0 Å². The Balaban J connectivity index is 2.01. The third-order valence-electron chi connectivity index (χ3n) is 4.08. The third kappa shape index (κ3) is 3.55. The van der Waals surface area contributed by atoms with Gasteiger partial charge in [0.1, 0.15) is 5.75 Å². The number of H-pyrrole nitrogens is 1. The van der Waals surface area contributed by atoms with Gasteiger partial charge in [-0.1, -0.05) is 22.4 Å². The van der Waals surface area contributed by atoms with E-state index in [2.05, 4.69) is 21.6 Å². The summed E-state index contributed by atoms with van der Waals surface area (Å²) in [4.78, 5) is 26.5. The molecule has 0 saturated carbocycles. The Labute approximate surface area is 155 Å². The number of hydrogen-bond acceptors (Lipinski definition) is 4. The molecule has 1 amide bonds. The molecule has 0 fully saturated rings. The number of benzene rings is 1. The lowest BCUT2D eigenvalue weighted by Crippen LogP contribution is -2.15. The van der Waals surface area contributed by atoms with Gasteiger partial charge in [-0.05, 0) is 24.3 Å². The Morgan fingerprint density at radius 1 is 1.33 bits per heavy atom. The van der Waals surface area contributed by atoms with Gasteiger partial charge in [-0.15, -0.1) is 5.12 Å². The molecule has 1 aromatic heterocycles. The van der Waals surface area contributed by atoms with Crippen molar-refractivity contribution in [1.29, 1.82) is 0 Å². The average molecular weight is 368 g/mol. The fourth-order valence-corrected chi connectivity index (χ4v) is 2.77. The van der Waals surface area contributed by atoms with Crippen molar-refractivity contribution in [3.63, 3.8) is 0 Å². The van der Waals surface area contributed by atoms with Crippen molar-refractivity contribution in [3.05, 3.63) is 47.3 Å². The predicted octanol–water partition coefficient (Wildman–Crippen LogP) is 3.10. The summed E-state index contributed by atoms with van der Waals surface area (Å²) in [6.45, 7) is 0. The summed E-state index contributed by atoms with van der Waals surface area (Å²) in [6.07, 6.45) is 3.67. The minimum atomic E-state index is -0.773. The summed E-state index contributed by atoms with van der Waals surface area (Å²) in [6, 6.07) is 6.55. The molecule has 2 aromatic rings. The van der Waals surface area contributed by atoms with Crippen LogP contribution >= 0.6 is 0 Å². The molecule has 3 rings (SSSR count). The molecule has 7 heteroatoms. The van der Waals surface area contributed by atoms with Gasteiger partial charge in [0.2, 0.25) is 0 Å². The van der Waals surface area contributed by atoms with E-state index < -0.39 is 5.91 Å². The van der Waals surface area contributed by atoms with Gasteiger partial charge in [0.25, 0.3) is 5.91 Å². The van der Waals surface area contributed by atoms with Crippen molar-refractivity contribution in [2.75, 3.05) is 19.3 Å². The second-order valence-corrected chi connectivity index (χ2v) is 5.68. The molecule has 1 N–H and O–H groups in total. The molecule has 0 radical (unpaired) electrons. The van der Waals surface area contributed by atoms with E-state index in [4.69, 9.17) is 4.74 Å². The summed E-state index contributed by atoms with van der Waals surface area (Å²) in [5, 5.41) is 0.107. The number of fused-ring (bicyclic) bond motifs is 1. The first-order chi connectivity index (χ1) is 13.1. The highest BCUT2D eigenvalue weighted by Gasteiger charge is 2.35. The highest BCUT2D eigenvalue weighted by Crippen LogP contribution is 2.40. The molecule has 1 aliphatic rings. The Morgan fingerprint density at radius 3 is 2.89 bits per heavy atom. The predicted molar refractivity (Wildman–Crippen MR) is 98.4 cm³/mol. The van der Waals surface area contributed by atoms with Crippen LogP contribution in [0.1, 0.15) is 29.7 Å². The van der Waals surface area contributed by atoms with E-state index in [1.54, 1.807) is 30.5 Å². The van der Waals surface area contributed by atoms with Crippen molar-refractivity contribution in [1.82, 2.24) is 4.98 Å². The lowest BCUT2D eigenvalue weighted by molar-refractivity contribution is -0.140. The summed E-state index contributed by atoms with van der Waals surface area (Å²) in [5.74, 6) is 5.19. The first-order valence-corrected chi connectivity index (χ1v) is 8.19. The van der Waals surface area contributed by atoms with Crippen molar-refractivity contribution in [2.24, 2.45) is 0 Å². The highest BCUT2D eigenvalue weighted by molar-refractivity contribution is 6.35. The van der Waals surface area contributed by atoms with Crippen LogP contribution in [0.3, 0.4) is 0 Å². The number of amides is 1. The van der Waals surface area contributed by atoms with Crippen LogP contribution < -0.4 is 9.86 Å². The zero-order chi connectivity index (χ0) is 19.4. The van der Waals surface area contributed by atoms with Crippen LogP contribution in [-0.4, -0.2) is 31.1 Å². The number of aromatic nitrogens is 1. The van der Waals surface area contributed by atoms with Crippen LogP contribution in [0.5, 0.6) is 5.75 Å². The number of nitrogens with one attached hydrogen (secondary N) is 1. The third-order valence-corrected chi connectivity index (χ3v) is 4.08. The number of hydrogen-bond donors (Lipinski definition) is 1. The zero-order valence-corrected chi connectivity index (χ0v) is 14.8. The normalized spacial score (nSPS) is 14.0. The van der Waals surface area contributed by atoms with Crippen LogP contribution in [0.25, 0.3) is 11.6 Å². The lowest BCUT2D eigenvalue weighted by Gasteiger charge is -2.03. The smallest absolute Gasteiger partial charge is 0.306 e. The van der Waals surface area contributed by atoms with Crippen molar-refractivity contribution in [2.45, 2.75) is 12.8 Å². The van der Waals surface area contributed by atoms with E-state index in [0.717, 1.165) is 0 Å². The maximum atomic E-state index is 14.4. The molecule has 138 valence electrons. The van der Waals surface area contributed by atoms with E-state index in [1.807, 2.05) is 0 Å². The minimum Gasteiger partial charge on any atom is -0.495 e. The molecular formula is C20H17FN2O4. The zero-order valence-electron chi connectivity index (χ0n) is 14.8. The molecule has 1 aromatic carbocycles. The largest absolute Gasteiger partial charge is 0.495 e. The number of methoxy groups -OCH3 is 2. The number of halogens is 1. The van der Waals surface area contributed by atoms with E-state index in [1.165, 1.54) is 20.3 Å². The first-order valence-electron chi connectivity index (χ1n) is 8.19. The summed E-state index contributed by atoms with van der Waals surface area (Å²) in [7, 11) is 2.82. The Hall–Kier alpha value is -3.53. The molecule has 2 heterocycles. The Bertz CT molecular complexity index is 981. The molecule has 0 saturated heterocycles. The van der Waals surface area contributed by atoms with Crippen LogP contribution in [0, 0.1) is 11.8 Å². The molecule has 0 spiro atoms. The highest BCUT2D eigenvalue weighted by atomic mass is 19.2. The van der Waals surface area contributed by atoms with Crippen LogP contribution in [0.4, 0.5) is 10.2 Å². The maximum Gasteiger partial charge on any atom is 0.306 e. The number of carbonyl (C=O) groups is 2. The molecule has 0 aliphatic carbocycles. The van der Waals surface area contributed by atoms with Crippen molar-refractivity contribution in [3.8, 4) is 17.6 Å². The average Bonchev–Trinajstić information content (AvgIpc) is 3.23. The monoisotopic (exact) mass is 368 g/mol. The molecular weight excluding hydrogens is 351 g/mol. The SMILES string of the molecule is COC(=O)CCC#Cc1cccc2c1C(=Cc1[nH]ccc1OC)C(=O)N2F. The number of aromatic amines is 1. The van der Waals surface area contributed by atoms with Crippen molar-refractivity contribution >= 4 is 29.2 Å². The van der Waals surface area contributed by atoms with Gasteiger partial charge < -0.3 is 14.5 Å². The van der Waals surface area contributed by atoms with Gasteiger partial charge in [-0.3, -0.25) is 9.59 Å². The maximum absolute atomic E-state index is 14.4. The number of nitrogens with zero attached hydrogens (tertiary/aromatic N) is 1. The first kappa shape index (κ1) is 18.3. The van der Waals surface area contributed by atoms with Gasteiger partial charge in [0.05, 0.1) is 37.6 Å². The second-order valence-electron chi connectivity index (χ2n) is 5.68. The van der Waals surface area contributed by atoms with Crippen LogP contribution in [-0.2, 0) is 14.3 Å². The molecule has 6 nitrogen and oxygen atoms in total. The molecule has 1 aliphatic heterocycles. The van der Waals surface area contributed by atoms with Gasteiger partial charge in [0, 0.05) is 23.7 Å². The van der Waals surface area contributed by atoms with E-state index in [9.17, 15) is 14.1 Å². The molecule has 27 heavy (non-hydrogen) atoms. The Kier molecular flexibility index (Phi) is 5.27. The molecule has 0 atom stereocenters. The van der Waals surface area contributed by atoms with Gasteiger partial charge in [-0.25, -0.2) is 0 Å². The van der Waals surface area contributed by atoms with Gasteiger partial charge >= 0.3 is 5.97 Å². The number of esters is 1. The van der Waals surface area contributed by atoms with Crippen LogP contribution in [0.2, 0.25) is 0 Å². The number of carbonyl (C=O) groups excluding carboxylic acids is 2. The van der Waals surface area contributed by atoms with Gasteiger partial charge in [0.15, 0.2) is 0 Å². The van der Waals surface area contributed by atoms with Crippen LogP contribution in [0.15, 0.2) is 30.5 Å². The molecule has 0 unspecified atom stereocenters. The number of ether oxygens (including phenoxy) is 2. The quantitative estimate of drug-likeness (QED) is 0.390. The number of anilines is 1. The number of rotatable bonds is 4. The van der Waals surface area contributed by atoms with E-state index in [-0.39, 0.29) is 28.8 Å². The topological polar surface area (TPSA) is 71.6 Å². The minimum absolute atomic E-state index is 0.107. The fourth-order valence-electron chi connectivity index (χ4n) is 2.77. The lowest BCUT2D eigenvalue weighted by atomic mass is 9.99. The summed E-state index contributed by atoms with van der Waals surface area (Å²) in [5.41, 5.74) is 1.77.